The molecule has 4 heteroatoms. The van der Waals surface area contributed by atoms with Crippen molar-refractivity contribution in [2.75, 3.05) is 0 Å². The first-order chi connectivity index (χ1) is 3.50. The first kappa shape index (κ1) is 8.44. The molecule has 0 atom stereocenters. The molecule has 0 saturated carbocycles. The van der Waals surface area contributed by atoms with Gasteiger partial charge >= 0.3 is 0 Å². The summed E-state index contributed by atoms with van der Waals surface area (Å²) in [4.78, 5) is 0. The lowest BCUT2D eigenvalue weighted by Crippen LogP contribution is -2.21. The summed E-state index contributed by atoms with van der Waals surface area (Å²) in [6.07, 6.45) is -2.91. The molecule has 0 aliphatic heterocycles. The molecule has 0 bridgehead atoms. The second kappa shape index (κ2) is 2.83. The van der Waals surface area contributed by atoms with Crippen molar-refractivity contribution in [3.05, 3.63) is 6.92 Å². The molecule has 0 unspecified atom stereocenters. The van der Waals surface area contributed by atoms with Crippen molar-refractivity contribution in [3.8, 4) is 0 Å². The van der Waals surface area contributed by atoms with Gasteiger partial charge in [0.15, 0.2) is 4.33 Å². The number of hydrogen-bond acceptors (Lipinski definition) is 0. The smallest absolute Gasteiger partial charge is 0.207 e. The Labute approximate surface area is 56.8 Å². The molecular formula is C4H5Cl2F2. The Morgan fingerprint density at radius 3 is 1.88 bits per heavy atom. The fourth-order valence-electron chi connectivity index (χ4n) is 0.109. The van der Waals surface area contributed by atoms with Crippen molar-refractivity contribution in [2.45, 2.75) is 17.2 Å². The molecule has 0 nitrogen and oxygen atoms in total. The summed E-state index contributed by atoms with van der Waals surface area (Å²) in [6, 6.07) is 0. The zero-order valence-electron chi connectivity index (χ0n) is 4.00. The molecule has 0 aliphatic carbocycles. The average molecular weight is 162 g/mol. The molecule has 0 fully saturated rings. The summed E-state index contributed by atoms with van der Waals surface area (Å²) in [5, 5.41) is 0. The van der Waals surface area contributed by atoms with Crippen molar-refractivity contribution < 1.29 is 8.78 Å². The van der Waals surface area contributed by atoms with Crippen molar-refractivity contribution in [3.63, 3.8) is 0 Å². The number of halogens is 4. The van der Waals surface area contributed by atoms with Crippen LogP contribution < -0.4 is 0 Å². The average Bonchev–Trinajstić information content (AvgIpc) is 1.67. The lowest BCUT2D eigenvalue weighted by molar-refractivity contribution is 0.128. The van der Waals surface area contributed by atoms with Gasteiger partial charge in [-0.3, -0.25) is 0 Å². The van der Waals surface area contributed by atoms with Crippen LogP contribution in [0.3, 0.4) is 0 Å². The van der Waals surface area contributed by atoms with E-state index in [9.17, 15) is 8.78 Å². The molecule has 0 heterocycles. The van der Waals surface area contributed by atoms with Gasteiger partial charge in [0.1, 0.15) is 0 Å². The van der Waals surface area contributed by atoms with E-state index < -0.39 is 10.8 Å². The van der Waals surface area contributed by atoms with Crippen molar-refractivity contribution in [2.24, 2.45) is 0 Å². The maximum Gasteiger partial charge on any atom is 0.271 e. The Morgan fingerprint density at radius 1 is 1.50 bits per heavy atom. The predicted molar refractivity (Wildman–Crippen MR) is 30.4 cm³/mol. The van der Waals surface area contributed by atoms with E-state index in [2.05, 4.69) is 6.92 Å². The molecule has 0 amide bonds. The fraction of sp³-hybridized carbons (Fsp3) is 0.750. The first-order valence-corrected chi connectivity index (χ1v) is 2.71. The van der Waals surface area contributed by atoms with E-state index in [1.54, 1.807) is 0 Å². The van der Waals surface area contributed by atoms with Gasteiger partial charge in [0, 0.05) is 0 Å². The van der Waals surface area contributed by atoms with E-state index in [0.29, 0.717) is 0 Å². The molecule has 0 aromatic carbocycles. The third-order valence-corrected chi connectivity index (χ3v) is 1.36. The second-order valence-corrected chi connectivity index (χ2v) is 2.85. The van der Waals surface area contributed by atoms with E-state index in [1.807, 2.05) is 0 Å². The van der Waals surface area contributed by atoms with Crippen LogP contribution in [-0.2, 0) is 0 Å². The third kappa shape index (κ3) is 2.14. The lowest BCUT2D eigenvalue weighted by atomic mass is 10.3. The van der Waals surface area contributed by atoms with Crippen LogP contribution in [0, 0.1) is 6.92 Å². The zero-order chi connectivity index (χ0) is 6.78. The molecule has 0 rings (SSSR count). The Hall–Kier alpha value is 0.440. The van der Waals surface area contributed by atoms with Crippen LogP contribution in [0.1, 0.15) is 6.42 Å². The van der Waals surface area contributed by atoms with Gasteiger partial charge in [-0.05, 0) is 6.42 Å². The second-order valence-electron chi connectivity index (χ2n) is 1.31. The summed E-state index contributed by atoms with van der Waals surface area (Å²) in [5.74, 6) is 0. The summed E-state index contributed by atoms with van der Waals surface area (Å²) in [5.41, 5.74) is 0. The fourth-order valence-corrected chi connectivity index (χ4v) is 0.109. The van der Waals surface area contributed by atoms with Crippen LogP contribution in [-0.4, -0.2) is 10.8 Å². The molecular weight excluding hydrogens is 157 g/mol. The lowest BCUT2D eigenvalue weighted by Gasteiger charge is -2.14. The minimum absolute atomic E-state index is 0.187. The summed E-state index contributed by atoms with van der Waals surface area (Å²) in [7, 11) is 0. The van der Waals surface area contributed by atoms with E-state index in [4.69, 9.17) is 23.2 Å². The number of alkyl halides is 4. The quantitative estimate of drug-likeness (QED) is 0.547. The Morgan fingerprint density at radius 2 is 1.88 bits per heavy atom. The molecule has 8 heavy (non-hydrogen) atoms. The highest BCUT2D eigenvalue weighted by atomic mass is 35.5. The maximum absolute atomic E-state index is 11.5. The largest absolute Gasteiger partial charge is 0.271 e. The Balaban J connectivity index is 3.71. The Bertz CT molecular complexity index is 72.4. The predicted octanol–water partition coefficient (Wildman–Crippen LogP) is 2.65. The summed E-state index contributed by atoms with van der Waals surface area (Å²) >= 11 is 10.0. The van der Waals surface area contributed by atoms with Crippen LogP contribution in [0.4, 0.5) is 8.78 Å². The molecule has 0 N–H and O–H groups in total. The number of hydrogen-bond donors (Lipinski definition) is 0. The molecule has 0 aromatic heterocycles. The van der Waals surface area contributed by atoms with Crippen molar-refractivity contribution >= 4 is 23.2 Å². The van der Waals surface area contributed by atoms with Gasteiger partial charge in [-0.25, -0.2) is 8.78 Å². The van der Waals surface area contributed by atoms with Gasteiger partial charge in [0.2, 0.25) is 0 Å². The van der Waals surface area contributed by atoms with Crippen LogP contribution in [0.5, 0.6) is 0 Å². The molecule has 0 aromatic rings. The first-order valence-electron chi connectivity index (χ1n) is 1.96. The summed E-state index contributed by atoms with van der Waals surface area (Å²) < 4.78 is 21.1. The third-order valence-electron chi connectivity index (χ3n) is 0.653. The van der Waals surface area contributed by atoms with Gasteiger partial charge in [-0.1, -0.05) is 30.1 Å². The van der Waals surface area contributed by atoms with E-state index in [1.165, 1.54) is 0 Å². The standard InChI is InChI=1S/C4H5Cl2F2/c1-2-4(5,6)3(7)8/h3H,1-2H2. The molecule has 0 spiro atoms. The Kier molecular flexibility index (Phi) is 2.99. The molecule has 0 saturated heterocycles. The highest BCUT2D eigenvalue weighted by Crippen LogP contribution is 2.31. The van der Waals surface area contributed by atoms with Crippen LogP contribution in [0.25, 0.3) is 0 Å². The molecule has 1 radical (unpaired) electrons. The van der Waals surface area contributed by atoms with Crippen molar-refractivity contribution in [1.29, 1.82) is 0 Å². The van der Waals surface area contributed by atoms with E-state index in [-0.39, 0.29) is 6.42 Å². The summed E-state index contributed by atoms with van der Waals surface area (Å²) in [6.45, 7) is 3.13. The normalized spacial score (nSPS) is 12.8. The van der Waals surface area contributed by atoms with Gasteiger partial charge in [-0.2, -0.15) is 0 Å². The number of rotatable bonds is 2. The minimum Gasteiger partial charge on any atom is -0.207 e. The SMILES string of the molecule is [CH2]CC(Cl)(Cl)C(F)F. The van der Waals surface area contributed by atoms with E-state index in [0.717, 1.165) is 0 Å². The zero-order valence-corrected chi connectivity index (χ0v) is 5.52. The van der Waals surface area contributed by atoms with Crippen LogP contribution in [0.2, 0.25) is 0 Å². The van der Waals surface area contributed by atoms with Crippen molar-refractivity contribution in [1.82, 2.24) is 0 Å². The minimum atomic E-state index is -2.72. The highest BCUT2D eigenvalue weighted by molar-refractivity contribution is 6.48. The van der Waals surface area contributed by atoms with Gasteiger partial charge in [-0.15, -0.1) is 0 Å². The topological polar surface area (TPSA) is 0 Å². The maximum atomic E-state index is 11.5. The van der Waals surface area contributed by atoms with Gasteiger partial charge in [0.05, 0.1) is 0 Å². The molecule has 49 valence electrons. The van der Waals surface area contributed by atoms with Gasteiger partial charge in [0.25, 0.3) is 6.43 Å². The van der Waals surface area contributed by atoms with Gasteiger partial charge < -0.3 is 0 Å². The van der Waals surface area contributed by atoms with Crippen LogP contribution in [0.15, 0.2) is 0 Å². The molecule has 0 aliphatic rings. The van der Waals surface area contributed by atoms with E-state index >= 15 is 0 Å². The highest BCUT2D eigenvalue weighted by Gasteiger charge is 2.32. The van der Waals surface area contributed by atoms with Crippen LogP contribution >= 0.6 is 23.2 Å². The monoisotopic (exact) mass is 161 g/mol.